The fraction of sp³-hybridized carbons (Fsp3) is 0.364. The van der Waals surface area contributed by atoms with Crippen LogP contribution in [0.3, 0.4) is 0 Å². The number of hydrogen-bond donors (Lipinski definition) is 0. The Kier molecular flexibility index (Phi) is 3.95. The van der Waals surface area contributed by atoms with Crippen LogP contribution in [-0.4, -0.2) is 25.4 Å². The van der Waals surface area contributed by atoms with Crippen LogP contribution in [0.5, 0.6) is 0 Å². The Morgan fingerprint density at radius 2 is 1.88 bits per heavy atom. The highest BCUT2D eigenvalue weighted by Crippen LogP contribution is 2.10. The molecule has 0 radical (unpaired) electrons. The molecule has 86 valence electrons. The Hall–Kier alpha value is -1.49. The van der Waals surface area contributed by atoms with Crippen molar-refractivity contribution in [1.29, 1.82) is 0 Å². The second-order valence-corrected chi connectivity index (χ2v) is 10.3. The molecule has 0 spiro atoms. The SMILES string of the molecule is C[Si](C)(C)CN=Cc1ccc([N+](=O)[O-])cc1. The largest absolute Gasteiger partial charge is 0.296 e. The second-order valence-electron chi connectivity index (χ2n) is 4.88. The number of non-ortho nitro benzene ring substituents is 1. The smallest absolute Gasteiger partial charge is 0.269 e. The molecule has 0 aromatic heterocycles. The molecule has 0 aliphatic rings. The molecule has 1 aromatic rings. The van der Waals surface area contributed by atoms with Gasteiger partial charge in [0.15, 0.2) is 0 Å². The van der Waals surface area contributed by atoms with Gasteiger partial charge < -0.3 is 0 Å². The maximum absolute atomic E-state index is 10.4. The van der Waals surface area contributed by atoms with Gasteiger partial charge in [-0.1, -0.05) is 19.6 Å². The summed E-state index contributed by atoms with van der Waals surface area (Å²) in [5, 5.41) is 10.4. The zero-order chi connectivity index (χ0) is 12.2. The quantitative estimate of drug-likeness (QED) is 0.349. The van der Waals surface area contributed by atoms with Crippen LogP contribution < -0.4 is 0 Å². The van der Waals surface area contributed by atoms with Crippen LogP contribution in [0.25, 0.3) is 0 Å². The standard InChI is InChI=1S/C11H16N2O2Si/c1-16(2,3)9-12-8-10-4-6-11(7-5-10)13(14)15/h4-8H,9H2,1-3H3. The molecule has 0 aliphatic heterocycles. The molecule has 1 aromatic carbocycles. The average Bonchev–Trinajstić information content (AvgIpc) is 2.16. The summed E-state index contributed by atoms with van der Waals surface area (Å²) in [6, 6.07) is 6.42. The van der Waals surface area contributed by atoms with Gasteiger partial charge in [0, 0.05) is 24.5 Å². The summed E-state index contributed by atoms with van der Waals surface area (Å²) in [5.74, 6) is 0. The van der Waals surface area contributed by atoms with E-state index in [1.807, 2.05) is 0 Å². The first-order valence-corrected chi connectivity index (χ1v) is 8.83. The average molecular weight is 236 g/mol. The van der Waals surface area contributed by atoms with Gasteiger partial charge in [-0.2, -0.15) is 0 Å². The Morgan fingerprint density at radius 3 is 2.31 bits per heavy atom. The monoisotopic (exact) mass is 236 g/mol. The van der Waals surface area contributed by atoms with E-state index in [-0.39, 0.29) is 5.69 Å². The van der Waals surface area contributed by atoms with Gasteiger partial charge in [-0.05, 0) is 17.7 Å². The van der Waals surface area contributed by atoms with E-state index in [1.165, 1.54) is 12.1 Å². The molecule has 0 atom stereocenters. The van der Waals surface area contributed by atoms with E-state index in [0.717, 1.165) is 11.7 Å². The topological polar surface area (TPSA) is 55.5 Å². The third-order valence-corrected chi connectivity index (χ3v) is 3.04. The minimum atomic E-state index is -1.15. The van der Waals surface area contributed by atoms with Crippen LogP contribution in [0, 0.1) is 10.1 Å². The van der Waals surface area contributed by atoms with Gasteiger partial charge in [-0.25, -0.2) is 0 Å². The van der Waals surface area contributed by atoms with Crippen LogP contribution in [0.2, 0.25) is 19.6 Å². The third kappa shape index (κ3) is 4.35. The molecule has 0 N–H and O–H groups in total. The molecule has 0 fully saturated rings. The van der Waals surface area contributed by atoms with Crippen molar-refractivity contribution in [3.8, 4) is 0 Å². The van der Waals surface area contributed by atoms with Crippen LogP contribution in [0.15, 0.2) is 29.3 Å². The van der Waals surface area contributed by atoms with E-state index in [1.54, 1.807) is 18.3 Å². The van der Waals surface area contributed by atoms with E-state index >= 15 is 0 Å². The van der Waals surface area contributed by atoms with Crippen LogP contribution in [0.4, 0.5) is 5.69 Å². The number of nitro benzene ring substituents is 1. The molecule has 1 rings (SSSR count). The highest BCUT2D eigenvalue weighted by molar-refractivity contribution is 6.76. The minimum Gasteiger partial charge on any atom is -0.296 e. The lowest BCUT2D eigenvalue weighted by Gasteiger charge is -2.10. The molecule has 0 amide bonds. The maximum Gasteiger partial charge on any atom is 0.269 e. The predicted octanol–water partition coefficient (Wildman–Crippen LogP) is 2.89. The van der Waals surface area contributed by atoms with Crippen molar-refractivity contribution in [3.63, 3.8) is 0 Å². The van der Waals surface area contributed by atoms with Gasteiger partial charge in [0.2, 0.25) is 0 Å². The van der Waals surface area contributed by atoms with E-state index in [9.17, 15) is 10.1 Å². The zero-order valence-electron chi connectivity index (χ0n) is 9.80. The summed E-state index contributed by atoms with van der Waals surface area (Å²) in [5.41, 5.74) is 1.02. The lowest BCUT2D eigenvalue weighted by atomic mass is 10.2. The van der Waals surface area contributed by atoms with Gasteiger partial charge in [-0.15, -0.1) is 0 Å². The Bertz CT molecular complexity index is 393. The van der Waals surface area contributed by atoms with E-state index in [0.29, 0.717) is 0 Å². The molecule has 4 nitrogen and oxygen atoms in total. The predicted molar refractivity (Wildman–Crippen MR) is 68.9 cm³/mol. The number of hydrogen-bond acceptors (Lipinski definition) is 3. The number of benzene rings is 1. The summed E-state index contributed by atoms with van der Waals surface area (Å²) in [4.78, 5) is 14.4. The Morgan fingerprint density at radius 1 is 1.31 bits per heavy atom. The number of rotatable bonds is 4. The van der Waals surface area contributed by atoms with Crippen molar-refractivity contribution in [1.82, 2.24) is 0 Å². The second kappa shape index (κ2) is 5.02. The fourth-order valence-corrected chi connectivity index (χ4v) is 1.75. The summed E-state index contributed by atoms with van der Waals surface area (Å²) in [6.07, 6.45) is 2.66. The Balaban J connectivity index is 2.65. The van der Waals surface area contributed by atoms with Crippen molar-refractivity contribution in [2.75, 3.05) is 6.17 Å². The highest BCUT2D eigenvalue weighted by Gasteiger charge is 2.10. The molecule has 5 heteroatoms. The molecule has 0 aliphatic carbocycles. The summed E-state index contributed by atoms with van der Waals surface area (Å²) >= 11 is 0. The third-order valence-electron chi connectivity index (χ3n) is 1.91. The maximum atomic E-state index is 10.4. The lowest BCUT2D eigenvalue weighted by Crippen LogP contribution is -2.24. The normalized spacial score (nSPS) is 11.9. The van der Waals surface area contributed by atoms with Gasteiger partial charge >= 0.3 is 0 Å². The molecular formula is C11H16N2O2Si. The first-order chi connectivity index (χ1) is 7.38. The van der Waals surface area contributed by atoms with Crippen molar-refractivity contribution < 1.29 is 4.92 Å². The van der Waals surface area contributed by atoms with Crippen molar-refractivity contribution in [3.05, 3.63) is 39.9 Å². The van der Waals surface area contributed by atoms with Crippen LogP contribution >= 0.6 is 0 Å². The van der Waals surface area contributed by atoms with Gasteiger partial charge in [-0.3, -0.25) is 15.1 Å². The molecule has 0 bridgehead atoms. The van der Waals surface area contributed by atoms with Gasteiger partial charge in [0.1, 0.15) is 0 Å². The van der Waals surface area contributed by atoms with E-state index in [2.05, 4.69) is 24.6 Å². The van der Waals surface area contributed by atoms with Crippen molar-refractivity contribution in [2.24, 2.45) is 4.99 Å². The van der Waals surface area contributed by atoms with Crippen molar-refractivity contribution in [2.45, 2.75) is 19.6 Å². The molecular weight excluding hydrogens is 220 g/mol. The number of nitrogens with zero attached hydrogens (tertiary/aromatic N) is 2. The number of nitro groups is 1. The molecule has 0 saturated carbocycles. The van der Waals surface area contributed by atoms with Crippen LogP contribution in [0.1, 0.15) is 5.56 Å². The summed E-state index contributed by atoms with van der Waals surface area (Å²) in [7, 11) is -1.15. The lowest BCUT2D eigenvalue weighted by molar-refractivity contribution is -0.384. The first-order valence-electron chi connectivity index (χ1n) is 5.13. The summed E-state index contributed by atoms with van der Waals surface area (Å²) < 4.78 is 0. The summed E-state index contributed by atoms with van der Waals surface area (Å²) in [6.45, 7) is 6.75. The Labute approximate surface area is 96.2 Å². The fourth-order valence-electron chi connectivity index (χ4n) is 1.11. The van der Waals surface area contributed by atoms with Crippen LogP contribution in [-0.2, 0) is 0 Å². The van der Waals surface area contributed by atoms with E-state index in [4.69, 9.17) is 0 Å². The number of aliphatic imine (C=N–C) groups is 1. The highest BCUT2D eigenvalue weighted by atomic mass is 28.3. The van der Waals surface area contributed by atoms with E-state index < -0.39 is 13.0 Å². The molecule has 16 heavy (non-hydrogen) atoms. The zero-order valence-corrected chi connectivity index (χ0v) is 10.8. The first kappa shape index (κ1) is 12.6. The molecule has 0 unspecified atom stereocenters. The minimum absolute atomic E-state index is 0.113. The van der Waals surface area contributed by atoms with Gasteiger partial charge in [0.05, 0.1) is 13.0 Å². The van der Waals surface area contributed by atoms with Gasteiger partial charge in [0.25, 0.3) is 5.69 Å². The molecule has 0 heterocycles. The molecule has 0 saturated heterocycles. The van der Waals surface area contributed by atoms with Crippen molar-refractivity contribution >= 4 is 20.0 Å².